The number of likely N-dealkylation sites (N-methyl/N-ethyl adjacent to an activating group) is 1. The van der Waals surface area contributed by atoms with Crippen LogP contribution < -0.4 is 5.73 Å². The SMILES string of the molecule is CN(Cc1cscn1)C1(CN)CCc2cc(Br)ccc2C1. The van der Waals surface area contributed by atoms with Gasteiger partial charge in [-0.2, -0.15) is 0 Å². The second-order valence-corrected chi connectivity index (χ2v) is 7.49. The molecule has 2 N–H and O–H groups in total. The highest BCUT2D eigenvalue weighted by molar-refractivity contribution is 9.10. The van der Waals surface area contributed by atoms with Crippen molar-refractivity contribution in [1.29, 1.82) is 0 Å². The van der Waals surface area contributed by atoms with Crippen LogP contribution in [-0.2, 0) is 19.4 Å². The van der Waals surface area contributed by atoms with Crippen LogP contribution in [0.4, 0.5) is 0 Å². The Morgan fingerprint density at radius 3 is 3.00 bits per heavy atom. The molecule has 2 aromatic rings. The minimum absolute atomic E-state index is 0.0461. The third-order valence-electron chi connectivity index (χ3n) is 4.62. The van der Waals surface area contributed by atoms with Gasteiger partial charge in [0.2, 0.25) is 0 Å². The number of hydrogen-bond acceptors (Lipinski definition) is 4. The molecular weight excluding hydrogens is 346 g/mol. The first-order valence-corrected chi connectivity index (χ1v) is 8.92. The minimum Gasteiger partial charge on any atom is -0.329 e. The average molecular weight is 366 g/mol. The van der Waals surface area contributed by atoms with Crippen molar-refractivity contribution in [2.45, 2.75) is 31.3 Å². The molecule has 0 amide bonds. The van der Waals surface area contributed by atoms with Crippen molar-refractivity contribution in [3.8, 4) is 0 Å². The molecule has 3 rings (SSSR count). The first-order valence-electron chi connectivity index (χ1n) is 7.19. The lowest BCUT2D eigenvalue weighted by atomic mass is 9.77. The van der Waals surface area contributed by atoms with Crippen LogP contribution in [0.3, 0.4) is 0 Å². The van der Waals surface area contributed by atoms with Gasteiger partial charge in [-0.25, -0.2) is 4.98 Å². The fourth-order valence-electron chi connectivity index (χ4n) is 3.19. The van der Waals surface area contributed by atoms with Crippen LogP contribution >= 0.6 is 27.3 Å². The molecule has 0 spiro atoms. The van der Waals surface area contributed by atoms with Crippen molar-refractivity contribution < 1.29 is 0 Å². The molecule has 1 heterocycles. The van der Waals surface area contributed by atoms with Crippen LogP contribution in [0.2, 0.25) is 0 Å². The molecule has 0 bridgehead atoms. The Hall–Kier alpha value is -0.750. The monoisotopic (exact) mass is 365 g/mol. The second-order valence-electron chi connectivity index (χ2n) is 5.85. The maximum Gasteiger partial charge on any atom is 0.0795 e. The Morgan fingerprint density at radius 1 is 1.43 bits per heavy atom. The lowest BCUT2D eigenvalue weighted by Gasteiger charge is -2.44. The molecule has 1 aromatic heterocycles. The Bertz CT molecular complexity index is 614. The molecule has 0 radical (unpaired) electrons. The number of benzene rings is 1. The van der Waals surface area contributed by atoms with Gasteiger partial charge in [-0.05, 0) is 49.6 Å². The molecule has 1 unspecified atom stereocenters. The van der Waals surface area contributed by atoms with E-state index in [1.54, 1.807) is 11.3 Å². The predicted molar refractivity (Wildman–Crippen MR) is 91.5 cm³/mol. The molecule has 1 aliphatic carbocycles. The summed E-state index contributed by atoms with van der Waals surface area (Å²) < 4.78 is 1.16. The molecule has 1 atom stereocenters. The van der Waals surface area contributed by atoms with Gasteiger partial charge >= 0.3 is 0 Å². The quantitative estimate of drug-likeness (QED) is 0.904. The van der Waals surface area contributed by atoms with Gasteiger partial charge in [0.15, 0.2) is 0 Å². The van der Waals surface area contributed by atoms with Gasteiger partial charge in [0.1, 0.15) is 0 Å². The Kier molecular flexibility index (Phi) is 4.45. The number of aromatic nitrogens is 1. The number of hydrogen-bond donors (Lipinski definition) is 1. The summed E-state index contributed by atoms with van der Waals surface area (Å²) in [4.78, 5) is 6.80. The van der Waals surface area contributed by atoms with Gasteiger partial charge in [0.05, 0.1) is 11.2 Å². The van der Waals surface area contributed by atoms with Crippen LogP contribution in [0.1, 0.15) is 23.2 Å². The van der Waals surface area contributed by atoms with Crippen molar-refractivity contribution in [2.75, 3.05) is 13.6 Å². The van der Waals surface area contributed by atoms with Gasteiger partial charge < -0.3 is 5.73 Å². The molecule has 1 aromatic carbocycles. The summed E-state index contributed by atoms with van der Waals surface area (Å²) >= 11 is 5.21. The van der Waals surface area contributed by atoms with E-state index in [4.69, 9.17) is 5.73 Å². The molecule has 1 aliphatic rings. The first kappa shape index (κ1) is 15.2. The largest absolute Gasteiger partial charge is 0.329 e. The maximum absolute atomic E-state index is 6.19. The number of fused-ring (bicyclic) bond motifs is 1. The molecule has 21 heavy (non-hydrogen) atoms. The zero-order valence-corrected chi connectivity index (χ0v) is 14.6. The van der Waals surface area contributed by atoms with Gasteiger partial charge in [0, 0.05) is 28.5 Å². The summed E-state index contributed by atoms with van der Waals surface area (Å²) in [5.74, 6) is 0. The summed E-state index contributed by atoms with van der Waals surface area (Å²) in [6, 6.07) is 6.61. The smallest absolute Gasteiger partial charge is 0.0795 e. The number of halogens is 1. The lowest BCUT2D eigenvalue weighted by molar-refractivity contribution is 0.0998. The van der Waals surface area contributed by atoms with E-state index in [9.17, 15) is 0 Å². The topological polar surface area (TPSA) is 42.2 Å². The molecule has 5 heteroatoms. The third-order valence-corrected chi connectivity index (χ3v) is 5.75. The van der Waals surface area contributed by atoms with Crippen molar-refractivity contribution in [3.63, 3.8) is 0 Å². The van der Waals surface area contributed by atoms with E-state index in [0.29, 0.717) is 6.54 Å². The highest BCUT2D eigenvalue weighted by Gasteiger charge is 2.37. The normalized spacial score (nSPS) is 21.5. The molecule has 3 nitrogen and oxygen atoms in total. The summed E-state index contributed by atoms with van der Waals surface area (Å²) in [6.07, 6.45) is 3.22. The highest BCUT2D eigenvalue weighted by atomic mass is 79.9. The van der Waals surface area contributed by atoms with E-state index in [1.807, 2.05) is 5.51 Å². The fraction of sp³-hybridized carbons (Fsp3) is 0.438. The Balaban J connectivity index is 1.83. The van der Waals surface area contributed by atoms with E-state index >= 15 is 0 Å². The number of aryl methyl sites for hydroxylation is 1. The maximum atomic E-state index is 6.19. The lowest BCUT2D eigenvalue weighted by Crippen LogP contribution is -2.55. The van der Waals surface area contributed by atoms with Crippen molar-refractivity contribution in [2.24, 2.45) is 5.73 Å². The highest BCUT2D eigenvalue weighted by Crippen LogP contribution is 2.34. The number of rotatable bonds is 4. The van der Waals surface area contributed by atoms with Gasteiger partial charge in [-0.1, -0.05) is 22.0 Å². The van der Waals surface area contributed by atoms with Crippen LogP contribution in [0.15, 0.2) is 33.6 Å². The van der Waals surface area contributed by atoms with Crippen molar-refractivity contribution in [3.05, 3.63) is 50.4 Å². The van der Waals surface area contributed by atoms with Gasteiger partial charge in [-0.3, -0.25) is 4.90 Å². The van der Waals surface area contributed by atoms with Crippen LogP contribution in [0.25, 0.3) is 0 Å². The number of nitrogens with two attached hydrogens (primary N) is 1. The Morgan fingerprint density at radius 2 is 2.29 bits per heavy atom. The zero-order chi connectivity index (χ0) is 14.9. The summed E-state index contributed by atoms with van der Waals surface area (Å²) in [5.41, 5.74) is 12.1. The van der Waals surface area contributed by atoms with E-state index in [-0.39, 0.29) is 5.54 Å². The van der Waals surface area contributed by atoms with Gasteiger partial charge in [0.25, 0.3) is 0 Å². The van der Waals surface area contributed by atoms with Crippen molar-refractivity contribution in [1.82, 2.24) is 9.88 Å². The van der Waals surface area contributed by atoms with Crippen molar-refractivity contribution >= 4 is 27.3 Å². The molecule has 0 aliphatic heterocycles. The van der Waals surface area contributed by atoms with E-state index in [1.165, 1.54) is 11.1 Å². The number of thiazole rings is 1. The summed E-state index contributed by atoms with van der Waals surface area (Å²) in [7, 11) is 2.18. The first-order chi connectivity index (χ1) is 10.1. The van der Waals surface area contributed by atoms with Crippen LogP contribution in [0, 0.1) is 0 Å². The van der Waals surface area contributed by atoms with Gasteiger partial charge in [-0.15, -0.1) is 11.3 Å². The second kappa shape index (κ2) is 6.16. The Labute approximate surface area is 138 Å². The summed E-state index contributed by atoms with van der Waals surface area (Å²) in [6.45, 7) is 1.55. The third kappa shape index (κ3) is 3.06. The zero-order valence-electron chi connectivity index (χ0n) is 12.2. The standard InChI is InChI=1S/C16H20BrN3S/c1-20(8-15-9-21-11-19-15)16(10-18)5-4-12-6-14(17)3-2-13(12)7-16/h2-3,6,9,11H,4-5,7-8,10,18H2,1H3. The van der Waals surface area contributed by atoms with Crippen LogP contribution in [0.5, 0.6) is 0 Å². The molecule has 112 valence electrons. The minimum atomic E-state index is 0.0461. The molecule has 0 saturated carbocycles. The summed E-state index contributed by atoms with van der Waals surface area (Å²) in [5, 5.41) is 2.12. The van der Waals surface area contributed by atoms with E-state index in [0.717, 1.165) is 36.0 Å². The van der Waals surface area contributed by atoms with E-state index < -0.39 is 0 Å². The molecular formula is C16H20BrN3S. The van der Waals surface area contributed by atoms with Crippen LogP contribution in [-0.4, -0.2) is 29.0 Å². The predicted octanol–water partition coefficient (Wildman–Crippen LogP) is 3.22. The average Bonchev–Trinajstić information content (AvgIpc) is 2.99. The molecule has 0 fully saturated rings. The molecule has 0 saturated heterocycles. The van der Waals surface area contributed by atoms with E-state index in [2.05, 4.69) is 56.4 Å². The fourth-order valence-corrected chi connectivity index (χ4v) is 4.15. The number of nitrogens with zero attached hydrogens (tertiary/aromatic N) is 2.